The molecule has 2 heterocycles. The lowest BCUT2D eigenvalue weighted by molar-refractivity contribution is -0.135. The zero-order chi connectivity index (χ0) is 13.9. The maximum absolute atomic E-state index is 11.9. The van der Waals surface area contributed by atoms with E-state index in [4.69, 9.17) is 4.74 Å². The van der Waals surface area contributed by atoms with Gasteiger partial charge in [0.05, 0.1) is 0 Å². The van der Waals surface area contributed by atoms with Gasteiger partial charge in [-0.15, -0.1) is 0 Å². The molecule has 6 nitrogen and oxygen atoms in total. The van der Waals surface area contributed by atoms with E-state index >= 15 is 0 Å². The Morgan fingerprint density at radius 3 is 2.75 bits per heavy atom. The maximum atomic E-state index is 11.9. The molecule has 0 aromatic carbocycles. The van der Waals surface area contributed by atoms with Crippen LogP contribution in [0, 0.1) is 0 Å². The number of nitrogens with zero attached hydrogens (tertiary/aromatic N) is 2. The van der Waals surface area contributed by atoms with Crippen LogP contribution in [0.3, 0.4) is 0 Å². The van der Waals surface area contributed by atoms with Crippen molar-refractivity contribution in [2.24, 2.45) is 0 Å². The van der Waals surface area contributed by atoms with Crippen molar-refractivity contribution >= 4 is 11.9 Å². The number of carbonyl (C=O) groups excluding carboxylic acids is 2. The molecule has 1 saturated heterocycles. The number of esters is 1. The highest BCUT2D eigenvalue weighted by atomic mass is 16.5. The van der Waals surface area contributed by atoms with Gasteiger partial charge in [0.2, 0.25) is 0 Å². The Labute approximate surface area is 117 Å². The normalized spacial score (nSPS) is 18.9. The standard InChI is InChI=1S/C14H19N3O3/c18-13(17-6-2-1-3-7-17)9-20-14(19)12-8-11(15-16-12)10-4-5-10/h8,10H,1-7,9H2,(H,15,16). The highest BCUT2D eigenvalue weighted by Crippen LogP contribution is 2.39. The SMILES string of the molecule is O=C(OCC(=O)N1CCCCC1)c1cc(C2CC2)[nH]n1. The van der Waals surface area contributed by atoms with E-state index < -0.39 is 5.97 Å². The predicted molar refractivity (Wildman–Crippen MR) is 71.3 cm³/mol. The summed E-state index contributed by atoms with van der Waals surface area (Å²) in [6.45, 7) is 1.35. The van der Waals surface area contributed by atoms with Gasteiger partial charge in [0.1, 0.15) is 0 Å². The van der Waals surface area contributed by atoms with Crippen molar-refractivity contribution in [2.75, 3.05) is 19.7 Å². The highest BCUT2D eigenvalue weighted by Gasteiger charge is 2.27. The Hall–Kier alpha value is -1.85. The second-order valence-electron chi connectivity index (χ2n) is 5.50. The van der Waals surface area contributed by atoms with Gasteiger partial charge in [-0.25, -0.2) is 4.79 Å². The van der Waals surface area contributed by atoms with Crippen LogP contribution in [0.5, 0.6) is 0 Å². The molecular weight excluding hydrogens is 258 g/mol. The molecule has 1 aromatic rings. The molecular formula is C14H19N3O3. The minimum atomic E-state index is -0.529. The number of carbonyl (C=O) groups is 2. The van der Waals surface area contributed by atoms with Crippen LogP contribution >= 0.6 is 0 Å². The number of nitrogens with one attached hydrogen (secondary N) is 1. The van der Waals surface area contributed by atoms with Crippen LogP contribution in [0.4, 0.5) is 0 Å². The Kier molecular flexibility index (Phi) is 3.71. The molecule has 1 aliphatic heterocycles. The molecule has 1 aliphatic carbocycles. The number of aromatic amines is 1. The molecule has 1 aromatic heterocycles. The summed E-state index contributed by atoms with van der Waals surface area (Å²) in [5, 5.41) is 6.80. The Bertz CT molecular complexity index is 502. The number of hydrogen-bond acceptors (Lipinski definition) is 4. The van der Waals surface area contributed by atoms with Crippen LogP contribution in [0.25, 0.3) is 0 Å². The third-order valence-corrected chi connectivity index (χ3v) is 3.86. The van der Waals surface area contributed by atoms with Crippen LogP contribution in [0.2, 0.25) is 0 Å². The second-order valence-corrected chi connectivity index (χ2v) is 5.50. The number of piperidine rings is 1. The summed E-state index contributed by atoms with van der Waals surface area (Å²) < 4.78 is 5.04. The summed E-state index contributed by atoms with van der Waals surface area (Å²) in [5.74, 6) is -0.131. The van der Waals surface area contributed by atoms with E-state index in [1.54, 1.807) is 11.0 Å². The van der Waals surface area contributed by atoms with Gasteiger partial charge in [-0.1, -0.05) is 0 Å². The van der Waals surface area contributed by atoms with Crippen molar-refractivity contribution < 1.29 is 14.3 Å². The molecule has 0 atom stereocenters. The van der Waals surface area contributed by atoms with Crippen LogP contribution in [0.15, 0.2) is 6.07 Å². The predicted octanol–water partition coefficient (Wildman–Crippen LogP) is 1.46. The first-order valence-corrected chi connectivity index (χ1v) is 7.24. The minimum Gasteiger partial charge on any atom is -0.451 e. The van der Waals surface area contributed by atoms with E-state index in [0.29, 0.717) is 5.92 Å². The van der Waals surface area contributed by atoms with E-state index in [1.165, 1.54) is 6.42 Å². The molecule has 3 rings (SSSR count). The number of ether oxygens (including phenoxy) is 1. The van der Waals surface area contributed by atoms with E-state index in [9.17, 15) is 9.59 Å². The molecule has 2 aliphatic rings. The molecule has 2 fully saturated rings. The van der Waals surface area contributed by atoms with Gasteiger partial charge in [-0.3, -0.25) is 9.89 Å². The van der Waals surface area contributed by atoms with E-state index in [1.807, 2.05) is 0 Å². The number of hydrogen-bond donors (Lipinski definition) is 1. The zero-order valence-electron chi connectivity index (χ0n) is 11.4. The molecule has 1 amide bonds. The van der Waals surface area contributed by atoms with Gasteiger partial charge >= 0.3 is 5.97 Å². The first kappa shape index (κ1) is 13.1. The Balaban J connectivity index is 1.49. The first-order chi connectivity index (χ1) is 9.74. The third-order valence-electron chi connectivity index (χ3n) is 3.86. The lowest BCUT2D eigenvalue weighted by Crippen LogP contribution is -2.38. The molecule has 0 spiro atoms. The summed E-state index contributed by atoms with van der Waals surface area (Å²) in [4.78, 5) is 25.5. The lowest BCUT2D eigenvalue weighted by atomic mass is 10.1. The topological polar surface area (TPSA) is 75.3 Å². The minimum absolute atomic E-state index is 0.115. The van der Waals surface area contributed by atoms with Crippen molar-refractivity contribution in [3.63, 3.8) is 0 Å². The Morgan fingerprint density at radius 2 is 2.05 bits per heavy atom. The monoisotopic (exact) mass is 277 g/mol. The lowest BCUT2D eigenvalue weighted by Gasteiger charge is -2.26. The van der Waals surface area contributed by atoms with Crippen molar-refractivity contribution in [3.05, 3.63) is 17.5 Å². The molecule has 6 heteroatoms. The second kappa shape index (κ2) is 5.64. The van der Waals surface area contributed by atoms with Crippen LogP contribution in [-0.4, -0.2) is 46.7 Å². The number of likely N-dealkylation sites (tertiary alicyclic amines) is 1. The molecule has 1 saturated carbocycles. The number of aromatic nitrogens is 2. The zero-order valence-corrected chi connectivity index (χ0v) is 11.4. The highest BCUT2D eigenvalue weighted by molar-refractivity contribution is 5.89. The van der Waals surface area contributed by atoms with E-state index in [2.05, 4.69) is 10.2 Å². The fourth-order valence-corrected chi connectivity index (χ4v) is 2.48. The molecule has 20 heavy (non-hydrogen) atoms. The van der Waals surface area contributed by atoms with Crippen molar-refractivity contribution in [1.82, 2.24) is 15.1 Å². The van der Waals surface area contributed by atoms with Gasteiger partial charge in [0, 0.05) is 24.7 Å². The van der Waals surface area contributed by atoms with Gasteiger partial charge < -0.3 is 9.64 Å². The van der Waals surface area contributed by atoms with Crippen LogP contribution in [-0.2, 0) is 9.53 Å². The van der Waals surface area contributed by atoms with Crippen molar-refractivity contribution in [2.45, 2.75) is 38.0 Å². The fraction of sp³-hybridized carbons (Fsp3) is 0.643. The number of H-pyrrole nitrogens is 1. The summed E-state index contributed by atoms with van der Waals surface area (Å²) in [6.07, 6.45) is 5.52. The third kappa shape index (κ3) is 3.00. The van der Waals surface area contributed by atoms with Crippen LogP contribution < -0.4 is 0 Å². The summed E-state index contributed by atoms with van der Waals surface area (Å²) in [5.41, 5.74) is 1.25. The largest absolute Gasteiger partial charge is 0.451 e. The van der Waals surface area contributed by atoms with Crippen molar-refractivity contribution in [3.8, 4) is 0 Å². The molecule has 1 N–H and O–H groups in total. The number of amides is 1. The number of rotatable bonds is 4. The van der Waals surface area contributed by atoms with Crippen molar-refractivity contribution in [1.29, 1.82) is 0 Å². The van der Waals surface area contributed by atoms with Crippen LogP contribution in [0.1, 0.15) is 54.2 Å². The smallest absolute Gasteiger partial charge is 0.359 e. The average Bonchev–Trinajstić information content (AvgIpc) is 3.22. The summed E-state index contributed by atoms with van der Waals surface area (Å²) in [7, 11) is 0. The average molecular weight is 277 g/mol. The molecule has 0 unspecified atom stereocenters. The molecule has 0 radical (unpaired) electrons. The summed E-state index contributed by atoms with van der Waals surface area (Å²) in [6, 6.07) is 1.73. The van der Waals surface area contributed by atoms with Gasteiger partial charge in [-0.05, 0) is 38.2 Å². The first-order valence-electron chi connectivity index (χ1n) is 7.24. The van der Waals surface area contributed by atoms with Gasteiger partial charge in [0.25, 0.3) is 5.91 Å². The fourth-order valence-electron chi connectivity index (χ4n) is 2.48. The Morgan fingerprint density at radius 1 is 1.30 bits per heavy atom. The van der Waals surface area contributed by atoms with E-state index in [-0.39, 0.29) is 18.2 Å². The summed E-state index contributed by atoms with van der Waals surface area (Å²) >= 11 is 0. The van der Waals surface area contributed by atoms with Gasteiger partial charge in [-0.2, -0.15) is 5.10 Å². The molecule has 0 bridgehead atoms. The van der Waals surface area contributed by atoms with E-state index in [0.717, 1.165) is 44.5 Å². The van der Waals surface area contributed by atoms with Gasteiger partial charge in [0.15, 0.2) is 12.3 Å². The molecule has 108 valence electrons. The maximum Gasteiger partial charge on any atom is 0.359 e. The quantitative estimate of drug-likeness (QED) is 0.845.